The Kier molecular flexibility index (Phi) is 4.92. The van der Waals surface area contributed by atoms with Crippen LogP contribution in [0.4, 0.5) is 0 Å². The normalized spacial score (nSPS) is 18.0. The Morgan fingerprint density at radius 1 is 1.24 bits per heavy atom. The van der Waals surface area contributed by atoms with Crippen LogP contribution in [0, 0.1) is 6.92 Å². The Balaban J connectivity index is 1.48. The minimum Gasteiger partial charge on any atom is -0.370 e. The van der Waals surface area contributed by atoms with Gasteiger partial charge in [0.05, 0.1) is 24.9 Å². The first-order valence-electron chi connectivity index (χ1n) is 8.54. The van der Waals surface area contributed by atoms with Crippen molar-refractivity contribution in [1.29, 1.82) is 0 Å². The van der Waals surface area contributed by atoms with Crippen LogP contribution in [0.1, 0.15) is 21.7 Å². The molecule has 0 aliphatic carbocycles. The van der Waals surface area contributed by atoms with E-state index in [9.17, 15) is 0 Å². The molecule has 0 aromatic carbocycles. The highest BCUT2D eigenvalue weighted by Crippen LogP contribution is 2.22. The smallest absolute Gasteiger partial charge is 0.0902 e. The number of aryl methyl sites for hydroxylation is 1. The summed E-state index contributed by atoms with van der Waals surface area (Å²) in [6, 6.07) is 8.30. The fourth-order valence-electron chi connectivity index (χ4n) is 3.18. The van der Waals surface area contributed by atoms with E-state index in [2.05, 4.69) is 50.2 Å². The number of thiophene rings is 1. The van der Waals surface area contributed by atoms with Gasteiger partial charge in [0.15, 0.2) is 0 Å². The fraction of sp³-hybridized carbons (Fsp3) is 0.368. The van der Waals surface area contributed by atoms with E-state index < -0.39 is 0 Å². The summed E-state index contributed by atoms with van der Waals surface area (Å²) in [7, 11) is 0. The van der Waals surface area contributed by atoms with Gasteiger partial charge in [-0.15, -0.1) is 11.3 Å². The monoisotopic (exact) mass is 354 g/mol. The molecule has 1 atom stereocenters. The average molecular weight is 354 g/mol. The van der Waals surface area contributed by atoms with Gasteiger partial charge in [-0.2, -0.15) is 5.10 Å². The van der Waals surface area contributed by atoms with Gasteiger partial charge in [0, 0.05) is 43.1 Å². The zero-order chi connectivity index (χ0) is 17.1. The van der Waals surface area contributed by atoms with Crippen LogP contribution in [-0.2, 0) is 31.0 Å². The average Bonchev–Trinajstić information content (AvgIpc) is 3.19. The second-order valence-electron chi connectivity index (χ2n) is 6.50. The summed E-state index contributed by atoms with van der Waals surface area (Å²) in [5, 5.41) is 6.64. The second kappa shape index (κ2) is 7.47. The third-order valence-corrected chi connectivity index (χ3v) is 5.58. The molecule has 0 saturated heterocycles. The molecule has 0 N–H and O–H groups in total. The van der Waals surface area contributed by atoms with E-state index in [0.29, 0.717) is 6.61 Å². The predicted molar refractivity (Wildman–Crippen MR) is 98.2 cm³/mol. The molecular weight excluding hydrogens is 332 g/mol. The van der Waals surface area contributed by atoms with Gasteiger partial charge < -0.3 is 4.74 Å². The SMILES string of the molecule is Cc1ccsc1CN1Cc2ccnn2C[C@H](OCc2cccnc2)C1. The summed E-state index contributed by atoms with van der Waals surface area (Å²) in [4.78, 5) is 8.06. The lowest BCUT2D eigenvalue weighted by atomic mass is 10.2. The van der Waals surface area contributed by atoms with Crippen LogP contribution >= 0.6 is 11.3 Å². The quantitative estimate of drug-likeness (QED) is 0.705. The molecule has 0 bridgehead atoms. The minimum absolute atomic E-state index is 0.113. The van der Waals surface area contributed by atoms with Crippen LogP contribution < -0.4 is 0 Å². The van der Waals surface area contributed by atoms with E-state index in [1.54, 1.807) is 6.20 Å². The van der Waals surface area contributed by atoms with Gasteiger partial charge in [-0.05, 0) is 41.6 Å². The molecule has 3 aromatic heterocycles. The van der Waals surface area contributed by atoms with Crippen molar-refractivity contribution < 1.29 is 4.74 Å². The van der Waals surface area contributed by atoms with E-state index in [1.165, 1.54) is 16.1 Å². The van der Waals surface area contributed by atoms with Gasteiger partial charge in [0.2, 0.25) is 0 Å². The molecule has 5 nitrogen and oxygen atoms in total. The molecule has 0 unspecified atom stereocenters. The topological polar surface area (TPSA) is 43.2 Å². The number of pyridine rings is 1. The molecule has 0 spiro atoms. The lowest BCUT2D eigenvalue weighted by molar-refractivity contribution is 0.00723. The Labute approximate surface area is 151 Å². The van der Waals surface area contributed by atoms with Crippen molar-refractivity contribution in [3.63, 3.8) is 0 Å². The molecule has 0 fully saturated rings. The number of fused-ring (bicyclic) bond motifs is 1. The Bertz CT molecular complexity index is 814. The number of nitrogens with zero attached hydrogens (tertiary/aromatic N) is 4. The van der Waals surface area contributed by atoms with Gasteiger partial charge in [-0.1, -0.05) is 6.07 Å². The van der Waals surface area contributed by atoms with Crippen molar-refractivity contribution in [1.82, 2.24) is 19.7 Å². The molecule has 25 heavy (non-hydrogen) atoms. The van der Waals surface area contributed by atoms with Crippen LogP contribution in [0.15, 0.2) is 48.2 Å². The minimum atomic E-state index is 0.113. The number of aromatic nitrogens is 3. The molecule has 0 amide bonds. The molecular formula is C19H22N4OS. The summed E-state index contributed by atoms with van der Waals surface area (Å²) >= 11 is 1.83. The number of ether oxygens (including phenoxy) is 1. The van der Waals surface area contributed by atoms with Crippen LogP contribution in [0.2, 0.25) is 0 Å². The van der Waals surface area contributed by atoms with Crippen molar-refractivity contribution in [2.45, 2.75) is 39.3 Å². The van der Waals surface area contributed by atoms with Gasteiger partial charge in [0.25, 0.3) is 0 Å². The summed E-state index contributed by atoms with van der Waals surface area (Å²) < 4.78 is 8.29. The van der Waals surface area contributed by atoms with Gasteiger partial charge in [-0.25, -0.2) is 0 Å². The number of rotatable bonds is 5. The fourth-order valence-corrected chi connectivity index (χ4v) is 4.13. The van der Waals surface area contributed by atoms with E-state index in [1.807, 2.05) is 29.8 Å². The van der Waals surface area contributed by atoms with E-state index in [-0.39, 0.29) is 6.10 Å². The number of hydrogen-bond acceptors (Lipinski definition) is 5. The molecule has 6 heteroatoms. The molecule has 3 aromatic rings. The van der Waals surface area contributed by atoms with Crippen LogP contribution in [0.3, 0.4) is 0 Å². The maximum atomic E-state index is 6.22. The number of hydrogen-bond donors (Lipinski definition) is 0. The van der Waals surface area contributed by atoms with Crippen molar-refractivity contribution in [3.05, 3.63) is 69.9 Å². The standard InChI is InChI=1S/C19H22N4OS/c1-15-5-8-25-19(15)13-22-10-17-4-7-21-23(17)12-18(11-22)24-14-16-3-2-6-20-9-16/h2-9,18H,10-14H2,1H3/t18-/m1/s1. The lowest BCUT2D eigenvalue weighted by Gasteiger charge is -2.24. The third-order valence-electron chi connectivity index (χ3n) is 4.57. The van der Waals surface area contributed by atoms with Crippen LogP contribution in [0.25, 0.3) is 0 Å². The second-order valence-corrected chi connectivity index (χ2v) is 7.50. The first-order valence-corrected chi connectivity index (χ1v) is 9.42. The van der Waals surface area contributed by atoms with Gasteiger partial charge in [0.1, 0.15) is 0 Å². The molecule has 4 rings (SSSR count). The highest BCUT2D eigenvalue weighted by atomic mass is 32.1. The van der Waals surface area contributed by atoms with Crippen LogP contribution in [-0.4, -0.2) is 32.3 Å². The lowest BCUT2D eigenvalue weighted by Crippen LogP contribution is -2.32. The molecule has 1 aliphatic rings. The maximum Gasteiger partial charge on any atom is 0.0902 e. The third kappa shape index (κ3) is 3.98. The Morgan fingerprint density at radius 3 is 3.00 bits per heavy atom. The highest BCUT2D eigenvalue weighted by Gasteiger charge is 2.23. The zero-order valence-electron chi connectivity index (χ0n) is 14.3. The summed E-state index contributed by atoms with van der Waals surface area (Å²) in [6.07, 6.45) is 5.65. The van der Waals surface area contributed by atoms with Crippen molar-refractivity contribution in [2.75, 3.05) is 6.54 Å². The first kappa shape index (κ1) is 16.4. The Hall–Kier alpha value is -2.02. The van der Waals surface area contributed by atoms with Gasteiger partial charge >= 0.3 is 0 Å². The predicted octanol–water partition coefficient (Wildman–Crippen LogP) is 3.25. The molecule has 0 radical (unpaired) electrons. The molecule has 4 heterocycles. The summed E-state index contributed by atoms with van der Waals surface area (Å²) in [5.41, 5.74) is 3.73. The molecule has 0 saturated carbocycles. The van der Waals surface area contributed by atoms with E-state index in [0.717, 1.165) is 31.7 Å². The van der Waals surface area contributed by atoms with Crippen molar-refractivity contribution in [2.24, 2.45) is 0 Å². The molecule has 1 aliphatic heterocycles. The largest absolute Gasteiger partial charge is 0.370 e. The molecule has 130 valence electrons. The van der Waals surface area contributed by atoms with E-state index in [4.69, 9.17) is 4.74 Å². The van der Waals surface area contributed by atoms with Crippen molar-refractivity contribution in [3.8, 4) is 0 Å². The zero-order valence-corrected chi connectivity index (χ0v) is 15.2. The van der Waals surface area contributed by atoms with Crippen LogP contribution in [0.5, 0.6) is 0 Å². The van der Waals surface area contributed by atoms with Gasteiger partial charge in [-0.3, -0.25) is 14.6 Å². The highest BCUT2D eigenvalue weighted by molar-refractivity contribution is 7.10. The first-order chi connectivity index (χ1) is 12.3. The Morgan fingerprint density at radius 2 is 2.20 bits per heavy atom. The summed E-state index contributed by atoms with van der Waals surface area (Å²) in [5.74, 6) is 0. The van der Waals surface area contributed by atoms with E-state index >= 15 is 0 Å². The van der Waals surface area contributed by atoms with Crippen molar-refractivity contribution >= 4 is 11.3 Å². The summed E-state index contributed by atoms with van der Waals surface area (Å²) in [6.45, 7) is 6.33. The maximum absolute atomic E-state index is 6.22.